The Hall–Kier alpha value is -1.74. The third-order valence-electron chi connectivity index (χ3n) is 2.18. The van der Waals surface area contributed by atoms with Gasteiger partial charge in [-0.2, -0.15) is 0 Å². The largest absolute Gasteiger partial charge is 0.504 e. The molecule has 0 radical (unpaired) electrons. The van der Waals surface area contributed by atoms with Gasteiger partial charge in [0, 0.05) is 12.3 Å². The van der Waals surface area contributed by atoms with E-state index in [-0.39, 0.29) is 16.5 Å². The minimum absolute atomic E-state index is 0.00728. The van der Waals surface area contributed by atoms with Crippen LogP contribution in [0.5, 0.6) is 11.5 Å². The van der Waals surface area contributed by atoms with Gasteiger partial charge in [0.25, 0.3) is 0 Å². The van der Waals surface area contributed by atoms with Gasteiger partial charge in [0.1, 0.15) is 0 Å². The van der Waals surface area contributed by atoms with Crippen LogP contribution >= 0.6 is 11.6 Å². The molecule has 0 amide bonds. The summed E-state index contributed by atoms with van der Waals surface area (Å²) in [6, 6.07) is 8.82. The van der Waals surface area contributed by atoms with Crippen molar-refractivity contribution in [3.8, 4) is 11.5 Å². The van der Waals surface area contributed by atoms with Crippen molar-refractivity contribution in [1.82, 2.24) is 0 Å². The molecule has 0 aromatic heterocycles. The maximum Gasteiger partial charge on any atom is 0.308 e. The van der Waals surface area contributed by atoms with E-state index in [9.17, 15) is 9.90 Å². The molecule has 0 unspecified atom stereocenters. The number of rotatable bonds is 1. The summed E-state index contributed by atoms with van der Waals surface area (Å²) in [7, 11) is 0. The highest BCUT2D eigenvalue weighted by Gasteiger charge is 2.14. The molecule has 1 N–H and O–H groups in total. The van der Waals surface area contributed by atoms with Crippen LogP contribution in [0.4, 0.5) is 0 Å². The van der Waals surface area contributed by atoms with E-state index in [4.69, 9.17) is 16.3 Å². The van der Waals surface area contributed by atoms with Gasteiger partial charge in [0.05, 0.1) is 5.02 Å². The zero-order valence-corrected chi connectivity index (χ0v) is 9.28. The maximum atomic E-state index is 10.9. The second kappa shape index (κ2) is 4.02. The fourth-order valence-electron chi connectivity index (χ4n) is 1.52. The highest BCUT2D eigenvalue weighted by molar-refractivity contribution is 6.33. The smallest absolute Gasteiger partial charge is 0.308 e. The lowest BCUT2D eigenvalue weighted by molar-refractivity contribution is -0.132. The topological polar surface area (TPSA) is 46.5 Å². The number of benzene rings is 2. The molecule has 0 saturated heterocycles. The first kappa shape index (κ1) is 10.8. The first-order chi connectivity index (χ1) is 7.59. The maximum absolute atomic E-state index is 10.9. The normalized spacial score (nSPS) is 10.4. The minimum Gasteiger partial charge on any atom is -0.504 e. The van der Waals surface area contributed by atoms with E-state index in [1.165, 1.54) is 6.92 Å². The summed E-state index contributed by atoms with van der Waals surface area (Å²) in [5.41, 5.74) is 0. The monoisotopic (exact) mass is 236 g/mol. The van der Waals surface area contributed by atoms with Crippen molar-refractivity contribution in [2.75, 3.05) is 0 Å². The minimum atomic E-state index is -0.521. The standard InChI is InChI=1S/C12H9ClO3/c1-7(14)16-12-10(13)6-8-4-2-3-5-9(8)11(12)15/h2-6,15H,1H3. The number of aromatic hydroxyl groups is 1. The van der Waals surface area contributed by atoms with E-state index in [0.717, 1.165) is 5.39 Å². The van der Waals surface area contributed by atoms with Crippen LogP contribution in [0.1, 0.15) is 6.92 Å². The van der Waals surface area contributed by atoms with Gasteiger partial charge in [-0.05, 0) is 11.5 Å². The number of phenolic OH excluding ortho intramolecular Hbond substituents is 1. The number of fused-ring (bicyclic) bond motifs is 1. The molecule has 0 fully saturated rings. The lowest BCUT2D eigenvalue weighted by Crippen LogP contribution is -2.02. The number of halogens is 1. The molecular formula is C12H9ClO3. The Morgan fingerprint density at radius 2 is 2.06 bits per heavy atom. The van der Waals surface area contributed by atoms with Gasteiger partial charge in [-0.3, -0.25) is 4.79 Å². The van der Waals surface area contributed by atoms with E-state index in [2.05, 4.69) is 0 Å². The van der Waals surface area contributed by atoms with E-state index in [0.29, 0.717) is 5.39 Å². The number of carbonyl (C=O) groups excluding carboxylic acids is 1. The Labute approximate surface area is 97.2 Å². The third kappa shape index (κ3) is 1.82. The van der Waals surface area contributed by atoms with Crippen LogP contribution in [0.25, 0.3) is 10.8 Å². The number of esters is 1. The number of hydrogen-bond acceptors (Lipinski definition) is 3. The molecule has 0 heterocycles. The summed E-state index contributed by atoms with van der Waals surface area (Å²) in [6.45, 7) is 1.25. The summed E-state index contributed by atoms with van der Waals surface area (Å²) in [5.74, 6) is -0.626. The molecule has 2 aromatic carbocycles. The Balaban J connectivity index is 2.70. The van der Waals surface area contributed by atoms with E-state index in [1.807, 2.05) is 12.1 Å². The first-order valence-electron chi connectivity index (χ1n) is 4.68. The van der Waals surface area contributed by atoms with Crippen LogP contribution in [0.15, 0.2) is 30.3 Å². The highest BCUT2D eigenvalue weighted by Crippen LogP contribution is 2.40. The van der Waals surface area contributed by atoms with Gasteiger partial charge in [0.2, 0.25) is 0 Å². The summed E-state index contributed by atoms with van der Waals surface area (Å²) in [6.07, 6.45) is 0. The Kier molecular flexibility index (Phi) is 2.71. The van der Waals surface area contributed by atoms with E-state index in [1.54, 1.807) is 18.2 Å². The molecule has 0 spiro atoms. The Bertz CT molecular complexity index is 563. The molecule has 0 aliphatic heterocycles. The average molecular weight is 237 g/mol. The van der Waals surface area contributed by atoms with Gasteiger partial charge >= 0.3 is 5.97 Å². The fourth-order valence-corrected chi connectivity index (χ4v) is 1.76. The van der Waals surface area contributed by atoms with Gasteiger partial charge in [-0.15, -0.1) is 0 Å². The van der Waals surface area contributed by atoms with Crippen LogP contribution in [-0.2, 0) is 4.79 Å². The quantitative estimate of drug-likeness (QED) is 0.611. The zero-order chi connectivity index (χ0) is 11.7. The number of carbonyl (C=O) groups is 1. The third-order valence-corrected chi connectivity index (χ3v) is 2.46. The number of ether oxygens (including phenoxy) is 1. The Morgan fingerprint density at radius 1 is 1.38 bits per heavy atom. The molecule has 3 nitrogen and oxygen atoms in total. The summed E-state index contributed by atoms with van der Waals surface area (Å²) >= 11 is 5.92. The molecule has 2 aromatic rings. The molecule has 0 atom stereocenters. The SMILES string of the molecule is CC(=O)Oc1c(Cl)cc2ccccc2c1O. The van der Waals surface area contributed by atoms with Gasteiger partial charge in [-0.1, -0.05) is 35.9 Å². The van der Waals surface area contributed by atoms with Crippen LogP contribution in [-0.4, -0.2) is 11.1 Å². The molecule has 16 heavy (non-hydrogen) atoms. The number of hydrogen-bond donors (Lipinski definition) is 1. The average Bonchev–Trinajstić information content (AvgIpc) is 2.24. The highest BCUT2D eigenvalue weighted by atomic mass is 35.5. The second-order valence-electron chi connectivity index (χ2n) is 3.35. The van der Waals surface area contributed by atoms with Crippen molar-refractivity contribution >= 4 is 28.3 Å². The van der Waals surface area contributed by atoms with Crippen LogP contribution in [0.2, 0.25) is 5.02 Å². The molecule has 2 rings (SSSR count). The lowest BCUT2D eigenvalue weighted by Gasteiger charge is -2.09. The molecule has 0 aliphatic rings. The Morgan fingerprint density at radius 3 is 2.75 bits per heavy atom. The van der Waals surface area contributed by atoms with Crippen molar-refractivity contribution in [2.45, 2.75) is 6.92 Å². The van der Waals surface area contributed by atoms with Crippen LogP contribution in [0.3, 0.4) is 0 Å². The van der Waals surface area contributed by atoms with Crippen molar-refractivity contribution < 1.29 is 14.6 Å². The van der Waals surface area contributed by atoms with Gasteiger partial charge in [-0.25, -0.2) is 0 Å². The van der Waals surface area contributed by atoms with Crippen molar-refractivity contribution in [1.29, 1.82) is 0 Å². The van der Waals surface area contributed by atoms with E-state index >= 15 is 0 Å². The van der Waals surface area contributed by atoms with Gasteiger partial charge in [0.15, 0.2) is 11.5 Å². The zero-order valence-electron chi connectivity index (χ0n) is 8.53. The summed E-state index contributed by atoms with van der Waals surface area (Å²) in [5, 5.41) is 11.5. The predicted molar refractivity (Wildman–Crippen MR) is 61.9 cm³/mol. The molecule has 82 valence electrons. The molecule has 0 aliphatic carbocycles. The summed E-state index contributed by atoms with van der Waals surface area (Å²) < 4.78 is 4.86. The predicted octanol–water partition coefficient (Wildman–Crippen LogP) is 3.12. The molecule has 0 bridgehead atoms. The van der Waals surface area contributed by atoms with Crippen molar-refractivity contribution in [2.24, 2.45) is 0 Å². The second-order valence-corrected chi connectivity index (χ2v) is 3.76. The fraction of sp³-hybridized carbons (Fsp3) is 0.0833. The van der Waals surface area contributed by atoms with Crippen LogP contribution < -0.4 is 4.74 Å². The van der Waals surface area contributed by atoms with Gasteiger partial charge < -0.3 is 9.84 Å². The molecular weight excluding hydrogens is 228 g/mol. The number of phenols is 1. The summed E-state index contributed by atoms with van der Waals surface area (Å²) in [4.78, 5) is 10.9. The van der Waals surface area contributed by atoms with Crippen LogP contribution in [0, 0.1) is 0 Å². The van der Waals surface area contributed by atoms with Crippen molar-refractivity contribution in [3.63, 3.8) is 0 Å². The van der Waals surface area contributed by atoms with Crippen molar-refractivity contribution in [3.05, 3.63) is 35.4 Å². The lowest BCUT2D eigenvalue weighted by atomic mass is 10.1. The molecule has 4 heteroatoms. The first-order valence-corrected chi connectivity index (χ1v) is 5.06. The molecule has 0 saturated carbocycles. The van der Waals surface area contributed by atoms with E-state index < -0.39 is 5.97 Å².